The number of carbonyl (C=O) groups is 1. The molecule has 0 saturated carbocycles. The topological polar surface area (TPSA) is 69.7 Å². The van der Waals surface area contributed by atoms with E-state index in [1.807, 2.05) is 38.4 Å². The van der Waals surface area contributed by atoms with E-state index >= 15 is 0 Å². The lowest BCUT2D eigenvalue weighted by Gasteiger charge is -2.15. The summed E-state index contributed by atoms with van der Waals surface area (Å²) >= 11 is 0. The molecule has 0 radical (unpaired) electrons. The molecule has 0 aliphatic carbocycles. The predicted molar refractivity (Wildman–Crippen MR) is 131 cm³/mol. The minimum atomic E-state index is -3.70. The molecule has 0 atom stereocenters. The Bertz CT molecular complexity index is 1270. The molecular formula is C26H29N3O3S. The summed E-state index contributed by atoms with van der Waals surface area (Å²) in [6, 6.07) is 21.2. The summed E-state index contributed by atoms with van der Waals surface area (Å²) in [5, 5.41) is 0. The molecule has 172 valence electrons. The zero-order valence-corrected chi connectivity index (χ0v) is 20.0. The average Bonchev–Trinajstić information content (AvgIpc) is 3.22. The number of anilines is 1. The smallest absolute Gasteiger partial charge is 0.240 e. The predicted octanol–water partition coefficient (Wildman–Crippen LogP) is 3.80. The molecule has 4 rings (SSSR count). The summed E-state index contributed by atoms with van der Waals surface area (Å²) in [7, 11) is 0.379. The molecule has 0 saturated heterocycles. The van der Waals surface area contributed by atoms with Gasteiger partial charge in [0.05, 0.1) is 4.90 Å². The molecule has 33 heavy (non-hydrogen) atoms. The highest BCUT2D eigenvalue weighted by Gasteiger charge is 2.24. The monoisotopic (exact) mass is 463 g/mol. The Morgan fingerprint density at radius 1 is 1.03 bits per heavy atom. The molecule has 1 N–H and O–H groups in total. The van der Waals surface area contributed by atoms with Crippen molar-refractivity contribution in [2.45, 2.75) is 31.3 Å². The van der Waals surface area contributed by atoms with Crippen molar-refractivity contribution in [3.8, 4) is 11.1 Å². The van der Waals surface area contributed by atoms with Crippen LogP contribution in [0.1, 0.15) is 23.6 Å². The van der Waals surface area contributed by atoms with E-state index in [-0.39, 0.29) is 17.3 Å². The molecule has 7 heteroatoms. The van der Waals surface area contributed by atoms with Crippen molar-refractivity contribution in [2.24, 2.45) is 0 Å². The number of carbonyl (C=O) groups excluding carboxylic acids is 1. The molecule has 0 bridgehead atoms. The molecular weight excluding hydrogens is 434 g/mol. The summed E-state index contributed by atoms with van der Waals surface area (Å²) in [6.07, 6.45) is 0.658. The van der Waals surface area contributed by atoms with E-state index in [4.69, 9.17) is 0 Å². The van der Waals surface area contributed by atoms with Crippen molar-refractivity contribution in [3.63, 3.8) is 0 Å². The fraction of sp³-hybridized carbons (Fsp3) is 0.269. The number of hydrogen-bond donors (Lipinski definition) is 1. The second-order valence-electron chi connectivity index (χ2n) is 8.63. The molecule has 1 aliphatic heterocycles. The van der Waals surface area contributed by atoms with Crippen molar-refractivity contribution < 1.29 is 13.2 Å². The van der Waals surface area contributed by atoms with Crippen LogP contribution in [-0.4, -0.2) is 39.9 Å². The molecule has 0 fully saturated rings. The van der Waals surface area contributed by atoms with Gasteiger partial charge in [-0.2, -0.15) is 0 Å². The van der Waals surface area contributed by atoms with Gasteiger partial charge in [-0.3, -0.25) is 4.79 Å². The van der Waals surface area contributed by atoms with E-state index < -0.39 is 10.0 Å². The second-order valence-corrected chi connectivity index (χ2v) is 10.4. The van der Waals surface area contributed by atoms with Crippen LogP contribution in [-0.2, 0) is 34.3 Å². The van der Waals surface area contributed by atoms with Crippen LogP contribution >= 0.6 is 0 Å². The van der Waals surface area contributed by atoms with Gasteiger partial charge in [-0.05, 0) is 66.5 Å². The minimum Gasteiger partial charge on any atom is -0.312 e. The average molecular weight is 464 g/mol. The van der Waals surface area contributed by atoms with E-state index in [2.05, 4.69) is 33.9 Å². The number of rotatable bonds is 7. The Morgan fingerprint density at radius 3 is 2.45 bits per heavy atom. The Balaban J connectivity index is 1.52. The number of fused-ring (bicyclic) bond motifs is 1. The van der Waals surface area contributed by atoms with Crippen LogP contribution in [0.4, 0.5) is 5.69 Å². The molecule has 3 aromatic rings. The van der Waals surface area contributed by atoms with Crippen LogP contribution < -0.4 is 9.62 Å². The number of amides is 1. The number of nitrogens with zero attached hydrogens (tertiary/aromatic N) is 2. The summed E-state index contributed by atoms with van der Waals surface area (Å²) in [5.41, 5.74) is 5.86. The molecule has 1 amide bonds. The molecule has 0 spiro atoms. The maximum Gasteiger partial charge on any atom is 0.240 e. The Morgan fingerprint density at radius 2 is 1.76 bits per heavy atom. The highest BCUT2D eigenvalue weighted by Crippen LogP contribution is 2.30. The fourth-order valence-corrected chi connectivity index (χ4v) is 5.30. The van der Waals surface area contributed by atoms with Crippen molar-refractivity contribution >= 4 is 21.6 Å². The summed E-state index contributed by atoms with van der Waals surface area (Å²) in [6.45, 7) is 3.16. The van der Waals surface area contributed by atoms with E-state index in [1.54, 1.807) is 23.1 Å². The number of nitrogens with one attached hydrogen (secondary N) is 1. The quantitative estimate of drug-likeness (QED) is 0.579. The van der Waals surface area contributed by atoms with Gasteiger partial charge in [-0.15, -0.1) is 0 Å². The lowest BCUT2D eigenvalue weighted by Crippen LogP contribution is -2.26. The standard InChI is InChI=1S/C26H29N3O3S/c1-19(30)29-15-14-22-16-24(12-13-26(22)29)33(31,32)27-17-23-6-4-5-7-25(23)21-10-8-20(9-11-21)18-28(2)3/h4-13,16,27H,14-15,17-18H2,1-3H3. The van der Waals surface area contributed by atoms with E-state index in [0.29, 0.717) is 13.0 Å². The van der Waals surface area contributed by atoms with Gasteiger partial charge in [-0.1, -0.05) is 48.5 Å². The van der Waals surface area contributed by atoms with E-state index in [0.717, 1.165) is 34.5 Å². The third-order valence-electron chi connectivity index (χ3n) is 5.87. The van der Waals surface area contributed by atoms with E-state index in [9.17, 15) is 13.2 Å². The van der Waals surface area contributed by atoms with E-state index in [1.165, 1.54) is 12.5 Å². The molecule has 3 aromatic carbocycles. The largest absolute Gasteiger partial charge is 0.312 e. The van der Waals surface area contributed by atoms with Crippen LogP contribution in [0.2, 0.25) is 0 Å². The van der Waals surface area contributed by atoms with Crippen molar-refractivity contribution in [2.75, 3.05) is 25.5 Å². The van der Waals surface area contributed by atoms with Crippen LogP contribution in [0, 0.1) is 0 Å². The van der Waals surface area contributed by atoms with Gasteiger partial charge in [0, 0.05) is 32.2 Å². The number of hydrogen-bond acceptors (Lipinski definition) is 4. The first-order valence-corrected chi connectivity index (χ1v) is 12.5. The Hall–Kier alpha value is -3.00. The third-order valence-corrected chi connectivity index (χ3v) is 7.27. The van der Waals surface area contributed by atoms with Crippen molar-refractivity contribution in [3.05, 3.63) is 83.4 Å². The van der Waals surface area contributed by atoms with Gasteiger partial charge in [-0.25, -0.2) is 13.1 Å². The van der Waals surface area contributed by atoms with Crippen LogP contribution in [0.5, 0.6) is 0 Å². The molecule has 1 heterocycles. The SMILES string of the molecule is CC(=O)N1CCc2cc(S(=O)(=O)NCc3ccccc3-c3ccc(CN(C)C)cc3)ccc21. The van der Waals surface area contributed by atoms with Crippen molar-refractivity contribution in [1.82, 2.24) is 9.62 Å². The van der Waals surface area contributed by atoms with Crippen LogP contribution in [0.15, 0.2) is 71.6 Å². The normalized spacial score (nSPS) is 13.4. The lowest BCUT2D eigenvalue weighted by molar-refractivity contribution is -0.116. The van der Waals surface area contributed by atoms with Gasteiger partial charge in [0.25, 0.3) is 0 Å². The number of sulfonamides is 1. The first kappa shape index (κ1) is 23.2. The van der Waals surface area contributed by atoms with Crippen LogP contribution in [0.3, 0.4) is 0 Å². The second kappa shape index (κ2) is 9.47. The van der Waals surface area contributed by atoms with Gasteiger partial charge < -0.3 is 9.80 Å². The van der Waals surface area contributed by atoms with Gasteiger partial charge in [0.1, 0.15) is 0 Å². The maximum absolute atomic E-state index is 13.0. The zero-order chi connectivity index (χ0) is 23.6. The van der Waals surface area contributed by atoms with Gasteiger partial charge in [0.15, 0.2) is 0 Å². The van der Waals surface area contributed by atoms with Gasteiger partial charge >= 0.3 is 0 Å². The van der Waals surface area contributed by atoms with Gasteiger partial charge in [0.2, 0.25) is 15.9 Å². The van der Waals surface area contributed by atoms with Crippen LogP contribution in [0.25, 0.3) is 11.1 Å². The zero-order valence-electron chi connectivity index (χ0n) is 19.2. The minimum absolute atomic E-state index is 0.0335. The highest BCUT2D eigenvalue weighted by molar-refractivity contribution is 7.89. The summed E-state index contributed by atoms with van der Waals surface area (Å²) in [4.78, 5) is 15.8. The lowest BCUT2D eigenvalue weighted by atomic mass is 9.99. The molecule has 0 unspecified atom stereocenters. The van der Waals surface area contributed by atoms with Crippen molar-refractivity contribution in [1.29, 1.82) is 0 Å². The Kier molecular flexibility index (Phi) is 6.65. The molecule has 0 aromatic heterocycles. The summed E-state index contributed by atoms with van der Waals surface area (Å²) < 4.78 is 28.8. The maximum atomic E-state index is 13.0. The number of benzene rings is 3. The highest BCUT2D eigenvalue weighted by atomic mass is 32.2. The summed E-state index contributed by atoms with van der Waals surface area (Å²) in [5.74, 6) is -0.0335. The molecule has 6 nitrogen and oxygen atoms in total. The Labute approximate surface area is 195 Å². The molecule has 1 aliphatic rings. The first-order chi connectivity index (χ1) is 15.7. The third kappa shape index (κ3) is 5.16. The first-order valence-electron chi connectivity index (χ1n) is 11.0. The fourth-order valence-electron chi connectivity index (χ4n) is 4.24.